The van der Waals surface area contributed by atoms with Crippen molar-refractivity contribution in [2.24, 2.45) is 0 Å². The zero-order valence-electron chi connectivity index (χ0n) is 12.1. The molecular weight excluding hydrogens is 308 g/mol. The molecule has 7 heteroatoms. The molecule has 0 atom stereocenters. The second-order valence-electron chi connectivity index (χ2n) is 4.38. The van der Waals surface area contributed by atoms with Crippen molar-refractivity contribution in [2.45, 2.75) is 13.8 Å². The standard InChI is InChI=1S/C14H16N2O3S2/c1-4-19-11(17)8-16(3)14(18)12-9(2)15-13(21-12)10-6-5-7-20-10/h5-7H,4,8H2,1-3H3. The molecule has 2 heterocycles. The summed E-state index contributed by atoms with van der Waals surface area (Å²) >= 11 is 2.93. The topological polar surface area (TPSA) is 59.5 Å². The molecule has 0 spiro atoms. The molecule has 0 saturated carbocycles. The van der Waals surface area contributed by atoms with Gasteiger partial charge in [0.1, 0.15) is 16.4 Å². The van der Waals surface area contributed by atoms with Gasteiger partial charge in [0, 0.05) is 7.05 Å². The van der Waals surface area contributed by atoms with Gasteiger partial charge in [0.15, 0.2) is 0 Å². The molecule has 0 N–H and O–H groups in total. The van der Waals surface area contributed by atoms with Crippen molar-refractivity contribution in [3.05, 3.63) is 28.1 Å². The summed E-state index contributed by atoms with van der Waals surface area (Å²) in [5.74, 6) is -0.616. The van der Waals surface area contributed by atoms with E-state index in [1.807, 2.05) is 17.5 Å². The third-order valence-electron chi connectivity index (χ3n) is 2.74. The van der Waals surface area contributed by atoms with Crippen molar-refractivity contribution in [3.8, 4) is 9.88 Å². The number of hydrogen-bond donors (Lipinski definition) is 0. The summed E-state index contributed by atoms with van der Waals surface area (Å²) in [7, 11) is 1.59. The van der Waals surface area contributed by atoms with Gasteiger partial charge in [-0.05, 0) is 25.3 Å². The second kappa shape index (κ2) is 6.82. The molecule has 0 saturated heterocycles. The van der Waals surface area contributed by atoms with Crippen LogP contribution in [0.5, 0.6) is 0 Å². The number of thiophene rings is 1. The van der Waals surface area contributed by atoms with Gasteiger partial charge in [-0.25, -0.2) is 4.98 Å². The smallest absolute Gasteiger partial charge is 0.325 e. The average Bonchev–Trinajstić information content (AvgIpc) is 3.06. The van der Waals surface area contributed by atoms with Crippen molar-refractivity contribution in [2.75, 3.05) is 20.2 Å². The fourth-order valence-corrected chi connectivity index (χ4v) is 3.60. The van der Waals surface area contributed by atoms with Crippen LogP contribution in [0.4, 0.5) is 0 Å². The van der Waals surface area contributed by atoms with Crippen LogP contribution in [-0.4, -0.2) is 42.0 Å². The Kier molecular flexibility index (Phi) is 5.08. The number of aryl methyl sites for hydroxylation is 1. The van der Waals surface area contributed by atoms with E-state index in [9.17, 15) is 9.59 Å². The van der Waals surface area contributed by atoms with E-state index < -0.39 is 5.97 Å². The van der Waals surface area contributed by atoms with Gasteiger partial charge in [-0.3, -0.25) is 9.59 Å². The minimum atomic E-state index is -0.408. The highest BCUT2D eigenvalue weighted by atomic mass is 32.1. The molecule has 0 aromatic carbocycles. The molecule has 1 amide bonds. The number of ether oxygens (including phenoxy) is 1. The maximum Gasteiger partial charge on any atom is 0.325 e. The van der Waals surface area contributed by atoms with Crippen molar-refractivity contribution < 1.29 is 14.3 Å². The molecule has 0 aliphatic carbocycles. The van der Waals surface area contributed by atoms with Gasteiger partial charge in [0.25, 0.3) is 5.91 Å². The molecule has 2 aromatic heterocycles. The van der Waals surface area contributed by atoms with Gasteiger partial charge in [-0.1, -0.05) is 6.07 Å². The molecule has 5 nitrogen and oxygen atoms in total. The zero-order valence-corrected chi connectivity index (χ0v) is 13.7. The number of carbonyl (C=O) groups is 2. The summed E-state index contributed by atoms with van der Waals surface area (Å²) in [4.78, 5) is 31.2. The minimum Gasteiger partial charge on any atom is -0.465 e. The molecule has 21 heavy (non-hydrogen) atoms. The maximum absolute atomic E-state index is 12.4. The summed E-state index contributed by atoms with van der Waals surface area (Å²) in [6.45, 7) is 3.79. The average molecular weight is 324 g/mol. The van der Waals surface area contributed by atoms with Crippen LogP contribution in [0.1, 0.15) is 22.3 Å². The summed E-state index contributed by atoms with van der Waals surface area (Å²) in [6.07, 6.45) is 0. The molecule has 0 fully saturated rings. The third-order valence-corrected chi connectivity index (χ3v) is 4.93. The van der Waals surface area contributed by atoms with E-state index in [-0.39, 0.29) is 12.5 Å². The van der Waals surface area contributed by atoms with E-state index in [1.54, 1.807) is 32.2 Å². The number of rotatable bonds is 5. The fourth-order valence-electron chi connectivity index (χ4n) is 1.75. The number of thiazole rings is 1. The lowest BCUT2D eigenvalue weighted by Crippen LogP contribution is -2.32. The Morgan fingerprint density at radius 2 is 2.19 bits per heavy atom. The predicted molar refractivity (Wildman–Crippen MR) is 83.8 cm³/mol. The molecule has 2 rings (SSSR count). The Labute approximate surface area is 131 Å². The van der Waals surface area contributed by atoms with Gasteiger partial charge in [-0.2, -0.15) is 0 Å². The van der Waals surface area contributed by atoms with E-state index in [0.29, 0.717) is 17.2 Å². The largest absolute Gasteiger partial charge is 0.465 e. The molecule has 0 bridgehead atoms. The van der Waals surface area contributed by atoms with Crippen molar-refractivity contribution in [1.29, 1.82) is 0 Å². The minimum absolute atomic E-state index is 0.0572. The Morgan fingerprint density at radius 3 is 2.81 bits per heavy atom. The second-order valence-corrected chi connectivity index (χ2v) is 6.32. The summed E-state index contributed by atoms with van der Waals surface area (Å²) in [6, 6.07) is 3.92. The molecule has 0 radical (unpaired) electrons. The number of carbonyl (C=O) groups excluding carboxylic acids is 2. The Bertz CT molecular complexity index is 635. The van der Waals surface area contributed by atoms with Crippen LogP contribution < -0.4 is 0 Å². The predicted octanol–water partition coefficient (Wildman–Crippen LogP) is 2.82. The monoisotopic (exact) mass is 324 g/mol. The number of nitrogens with zero attached hydrogens (tertiary/aromatic N) is 2. The fraction of sp³-hybridized carbons (Fsp3) is 0.357. The molecule has 0 unspecified atom stereocenters. The van der Waals surface area contributed by atoms with Gasteiger partial charge in [-0.15, -0.1) is 22.7 Å². The normalized spacial score (nSPS) is 10.4. The first-order valence-corrected chi connectivity index (χ1v) is 8.15. The first-order valence-electron chi connectivity index (χ1n) is 6.45. The van der Waals surface area contributed by atoms with Crippen LogP contribution in [0.25, 0.3) is 9.88 Å². The SMILES string of the molecule is CCOC(=O)CN(C)C(=O)c1sc(-c2cccs2)nc1C. The first-order chi connectivity index (χ1) is 10.0. The highest BCUT2D eigenvalue weighted by Crippen LogP contribution is 2.31. The van der Waals surface area contributed by atoms with E-state index in [4.69, 9.17) is 4.74 Å². The van der Waals surface area contributed by atoms with E-state index in [2.05, 4.69) is 4.98 Å². The lowest BCUT2D eigenvalue weighted by Gasteiger charge is -2.15. The van der Waals surface area contributed by atoms with E-state index in [0.717, 1.165) is 9.88 Å². The molecule has 0 aliphatic rings. The summed E-state index contributed by atoms with van der Waals surface area (Å²) in [5, 5.41) is 2.80. The van der Waals surface area contributed by atoms with Crippen LogP contribution in [0.15, 0.2) is 17.5 Å². The van der Waals surface area contributed by atoms with Crippen LogP contribution in [0, 0.1) is 6.92 Å². The quantitative estimate of drug-likeness (QED) is 0.794. The Hall–Kier alpha value is -1.73. The van der Waals surface area contributed by atoms with Gasteiger partial charge in [0.2, 0.25) is 0 Å². The van der Waals surface area contributed by atoms with Gasteiger partial charge >= 0.3 is 5.97 Å². The van der Waals surface area contributed by atoms with Gasteiger partial charge < -0.3 is 9.64 Å². The lowest BCUT2D eigenvalue weighted by atomic mass is 10.3. The molecular formula is C14H16N2O3S2. The summed E-state index contributed by atoms with van der Waals surface area (Å²) in [5.41, 5.74) is 0.684. The van der Waals surface area contributed by atoms with Crippen molar-refractivity contribution in [1.82, 2.24) is 9.88 Å². The first kappa shape index (κ1) is 15.7. The number of likely N-dealkylation sites (N-methyl/N-ethyl adjacent to an activating group) is 1. The van der Waals surface area contributed by atoms with Gasteiger partial charge in [0.05, 0.1) is 17.2 Å². The Balaban J connectivity index is 2.14. The molecule has 2 aromatic rings. The van der Waals surface area contributed by atoms with Crippen molar-refractivity contribution >= 4 is 34.6 Å². The number of aromatic nitrogens is 1. The van der Waals surface area contributed by atoms with Crippen LogP contribution in [0.2, 0.25) is 0 Å². The van der Waals surface area contributed by atoms with Crippen LogP contribution in [-0.2, 0) is 9.53 Å². The Morgan fingerprint density at radius 1 is 1.43 bits per heavy atom. The highest BCUT2D eigenvalue weighted by molar-refractivity contribution is 7.22. The zero-order chi connectivity index (χ0) is 15.4. The van der Waals surface area contributed by atoms with Crippen LogP contribution in [0.3, 0.4) is 0 Å². The highest BCUT2D eigenvalue weighted by Gasteiger charge is 2.21. The molecule has 112 valence electrons. The maximum atomic E-state index is 12.4. The number of hydrogen-bond acceptors (Lipinski definition) is 6. The van der Waals surface area contributed by atoms with E-state index in [1.165, 1.54) is 16.2 Å². The molecule has 0 aliphatic heterocycles. The lowest BCUT2D eigenvalue weighted by molar-refractivity contribution is -0.143. The van der Waals surface area contributed by atoms with Crippen molar-refractivity contribution in [3.63, 3.8) is 0 Å². The number of esters is 1. The van der Waals surface area contributed by atoms with Crippen LogP contribution >= 0.6 is 22.7 Å². The van der Waals surface area contributed by atoms with E-state index >= 15 is 0 Å². The third kappa shape index (κ3) is 3.68. The summed E-state index contributed by atoms with van der Waals surface area (Å²) < 4.78 is 4.85. The number of amides is 1.